The van der Waals surface area contributed by atoms with Crippen molar-refractivity contribution in [2.24, 2.45) is 0 Å². The summed E-state index contributed by atoms with van der Waals surface area (Å²) in [4.78, 5) is 22.7. The average Bonchev–Trinajstić information content (AvgIpc) is 2.35. The van der Waals surface area contributed by atoms with Crippen LogP contribution in [0.2, 0.25) is 0 Å². The van der Waals surface area contributed by atoms with Gasteiger partial charge in [-0.25, -0.2) is 9.59 Å². The van der Waals surface area contributed by atoms with Gasteiger partial charge in [0.05, 0.1) is 14.2 Å². The highest BCUT2D eigenvalue weighted by Gasteiger charge is 2.17. The Morgan fingerprint density at radius 1 is 1.11 bits per heavy atom. The molecule has 1 aromatic rings. The number of hydrogen-bond donors (Lipinski definition) is 0. The van der Waals surface area contributed by atoms with Crippen molar-refractivity contribution >= 4 is 11.9 Å². The largest absolute Gasteiger partial charge is 0.481 e. The summed E-state index contributed by atoms with van der Waals surface area (Å²) in [6.07, 6.45) is 0. The van der Waals surface area contributed by atoms with Crippen molar-refractivity contribution < 1.29 is 23.8 Å². The molecule has 0 N–H and O–H groups in total. The lowest BCUT2D eigenvalue weighted by molar-refractivity contribution is -0.142. The van der Waals surface area contributed by atoms with Gasteiger partial charge in [-0.3, -0.25) is 0 Å². The van der Waals surface area contributed by atoms with Gasteiger partial charge >= 0.3 is 11.9 Å². The summed E-state index contributed by atoms with van der Waals surface area (Å²) in [6, 6.07) is 3.52. The van der Waals surface area contributed by atoms with Gasteiger partial charge in [-0.2, -0.15) is 0 Å². The van der Waals surface area contributed by atoms with Gasteiger partial charge in [0.2, 0.25) is 0 Å². The molecule has 0 heterocycles. The van der Waals surface area contributed by atoms with Crippen molar-refractivity contribution in [1.29, 1.82) is 0 Å². The molecule has 98 valence electrons. The molecule has 0 aliphatic rings. The molecular formula is C13H16O5. The van der Waals surface area contributed by atoms with Crippen molar-refractivity contribution in [1.82, 2.24) is 0 Å². The summed E-state index contributed by atoms with van der Waals surface area (Å²) in [7, 11) is 2.57. The van der Waals surface area contributed by atoms with E-state index in [4.69, 9.17) is 4.74 Å². The number of esters is 2. The van der Waals surface area contributed by atoms with Crippen molar-refractivity contribution in [2.75, 3.05) is 20.8 Å². The second kappa shape index (κ2) is 6.05. The van der Waals surface area contributed by atoms with Crippen LogP contribution in [-0.2, 0) is 14.3 Å². The van der Waals surface area contributed by atoms with Crippen LogP contribution in [-0.4, -0.2) is 32.8 Å². The normalized spacial score (nSPS) is 9.78. The van der Waals surface area contributed by atoms with E-state index in [1.54, 1.807) is 13.0 Å². The molecule has 0 fully saturated rings. The maximum atomic E-state index is 11.6. The fourth-order valence-corrected chi connectivity index (χ4v) is 1.60. The van der Waals surface area contributed by atoms with E-state index in [1.807, 2.05) is 13.0 Å². The third-order valence-corrected chi connectivity index (χ3v) is 2.39. The smallest absolute Gasteiger partial charge is 0.343 e. The summed E-state index contributed by atoms with van der Waals surface area (Å²) in [5.41, 5.74) is 1.98. The highest BCUT2D eigenvalue weighted by atomic mass is 16.6. The highest BCUT2D eigenvalue weighted by molar-refractivity contribution is 5.93. The predicted octanol–water partition coefficient (Wildman–Crippen LogP) is 1.64. The van der Waals surface area contributed by atoms with Crippen molar-refractivity contribution in [2.45, 2.75) is 13.8 Å². The highest BCUT2D eigenvalue weighted by Crippen LogP contribution is 2.26. The van der Waals surface area contributed by atoms with Crippen molar-refractivity contribution in [3.63, 3.8) is 0 Å². The summed E-state index contributed by atoms with van der Waals surface area (Å²) in [6.45, 7) is 3.42. The molecule has 0 amide bonds. The van der Waals surface area contributed by atoms with Gasteiger partial charge in [-0.05, 0) is 31.0 Å². The van der Waals surface area contributed by atoms with Gasteiger partial charge < -0.3 is 14.2 Å². The van der Waals surface area contributed by atoms with Gasteiger partial charge in [0.15, 0.2) is 6.61 Å². The van der Waals surface area contributed by atoms with Crippen LogP contribution in [0.25, 0.3) is 0 Å². The molecule has 0 radical (unpaired) electrons. The van der Waals surface area contributed by atoms with Crippen LogP contribution in [0, 0.1) is 13.8 Å². The first-order chi connectivity index (χ1) is 8.49. The van der Waals surface area contributed by atoms with E-state index in [2.05, 4.69) is 9.47 Å². The summed E-state index contributed by atoms with van der Waals surface area (Å²) < 4.78 is 14.5. The molecule has 1 rings (SSSR count). The molecular weight excluding hydrogens is 236 g/mol. The number of carbonyl (C=O) groups is 2. The number of methoxy groups -OCH3 is 2. The maximum absolute atomic E-state index is 11.6. The molecule has 0 saturated carbocycles. The lowest BCUT2D eigenvalue weighted by Crippen LogP contribution is -2.15. The Bertz CT molecular complexity index is 465. The van der Waals surface area contributed by atoms with Crippen LogP contribution < -0.4 is 4.74 Å². The molecule has 5 nitrogen and oxygen atoms in total. The molecule has 0 unspecified atom stereocenters. The van der Waals surface area contributed by atoms with E-state index in [-0.39, 0.29) is 6.61 Å². The fraction of sp³-hybridized carbons (Fsp3) is 0.385. The Labute approximate surface area is 106 Å². The second-order valence-electron chi connectivity index (χ2n) is 3.81. The zero-order valence-electron chi connectivity index (χ0n) is 10.9. The van der Waals surface area contributed by atoms with Gasteiger partial charge in [0.1, 0.15) is 11.3 Å². The van der Waals surface area contributed by atoms with Crippen LogP contribution >= 0.6 is 0 Å². The monoisotopic (exact) mass is 252 g/mol. The van der Waals surface area contributed by atoms with Crippen LogP contribution in [0.4, 0.5) is 0 Å². The van der Waals surface area contributed by atoms with Crippen molar-refractivity contribution in [3.05, 3.63) is 28.8 Å². The number of benzene rings is 1. The number of hydrogen-bond acceptors (Lipinski definition) is 5. The third kappa shape index (κ3) is 3.23. The SMILES string of the molecule is COC(=O)COc1c(C)cc(C)cc1C(=O)OC. The first-order valence-electron chi connectivity index (χ1n) is 5.38. The Kier molecular flexibility index (Phi) is 4.71. The second-order valence-corrected chi connectivity index (χ2v) is 3.81. The lowest BCUT2D eigenvalue weighted by Gasteiger charge is -2.13. The van der Waals surface area contributed by atoms with E-state index >= 15 is 0 Å². The predicted molar refractivity (Wildman–Crippen MR) is 64.8 cm³/mol. The van der Waals surface area contributed by atoms with Crippen LogP contribution in [0.3, 0.4) is 0 Å². The maximum Gasteiger partial charge on any atom is 0.343 e. The van der Waals surface area contributed by atoms with Gasteiger partial charge in [0, 0.05) is 0 Å². The molecule has 0 spiro atoms. The van der Waals surface area contributed by atoms with Gasteiger partial charge in [0.25, 0.3) is 0 Å². The van der Waals surface area contributed by atoms with Crippen LogP contribution in [0.5, 0.6) is 5.75 Å². The quantitative estimate of drug-likeness (QED) is 0.762. The minimum atomic E-state index is -0.509. The first-order valence-corrected chi connectivity index (χ1v) is 5.38. The van der Waals surface area contributed by atoms with Gasteiger partial charge in [-0.15, -0.1) is 0 Å². The van der Waals surface area contributed by atoms with E-state index in [0.29, 0.717) is 11.3 Å². The van der Waals surface area contributed by atoms with Crippen LogP contribution in [0.15, 0.2) is 12.1 Å². The zero-order chi connectivity index (χ0) is 13.7. The molecule has 1 aromatic carbocycles. The van der Waals surface area contributed by atoms with E-state index in [1.165, 1.54) is 14.2 Å². The van der Waals surface area contributed by atoms with E-state index in [9.17, 15) is 9.59 Å². The average molecular weight is 252 g/mol. The molecule has 5 heteroatoms. The van der Waals surface area contributed by atoms with Crippen LogP contribution in [0.1, 0.15) is 21.5 Å². The molecule has 0 aromatic heterocycles. The Hall–Kier alpha value is -2.04. The topological polar surface area (TPSA) is 61.8 Å². The summed E-state index contributed by atoms with van der Waals surface area (Å²) >= 11 is 0. The Morgan fingerprint density at radius 3 is 2.33 bits per heavy atom. The molecule has 0 aliphatic carbocycles. The number of rotatable bonds is 4. The molecule has 0 atom stereocenters. The number of carbonyl (C=O) groups excluding carboxylic acids is 2. The standard InChI is InChI=1S/C13H16O5/c1-8-5-9(2)12(18-7-11(14)16-3)10(6-8)13(15)17-4/h5-6H,7H2,1-4H3. The lowest BCUT2D eigenvalue weighted by atomic mass is 10.1. The molecule has 0 bridgehead atoms. The molecule has 18 heavy (non-hydrogen) atoms. The number of ether oxygens (including phenoxy) is 3. The minimum Gasteiger partial charge on any atom is -0.481 e. The molecule has 0 saturated heterocycles. The summed E-state index contributed by atoms with van der Waals surface area (Å²) in [5, 5.41) is 0. The van der Waals surface area contributed by atoms with E-state index in [0.717, 1.165) is 11.1 Å². The third-order valence-electron chi connectivity index (χ3n) is 2.39. The summed E-state index contributed by atoms with van der Waals surface area (Å²) in [5.74, 6) is -0.662. The Balaban J connectivity index is 3.07. The Morgan fingerprint density at radius 2 is 1.78 bits per heavy atom. The fourth-order valence-electron chi connectivity index (χ4n) is 1.60. The van der Waals surface area contributed by atoms with Gasteiger partial charge in [-0.1, -0.05) is 6.07 Å². The first kappa shape index (κ1) is 14.0. The minimum absolute atomic E-state index is 0.246. The molecule has 0 aliphatic heterocycles. The number of aryl methyl sites for hydroxylation is 2. The zero-order valence-corrected chi connectivity index (χ0v) is 10.9. The van der Waals surface area contributed by atoms with Crippen molar-refractivity contribution in [3.8, 4) is 5.75 Å². The van der Waals surface area contributed by atoms with E-state index < -0.39 is 11.9 Å².